The number of benzene rings is 2. The highest BCUT2D eigenvalue weighted by Crippen LogP contribution is 2.31. The van der Waals surface area contributed by atoms with Crippen LogP contribution in [0.2, 0.25) is 0 Å². The smallest absolute Gasteiger partial charge is 0.185 e. The first-order chi connectivity index (χ1) is 14.0. The Balaban J connectivity index is 1.69. The largest absolute Gasteiger partial charge is 0.507 e. The van der Waals surface area contributed by atoms with Gasteiger partial charge >= 0.3 is 0 Å². The van der Waals surface area contributed by atoms with Crippen LogP contribution < -0.4 is 4.74 Å². The third-order valence-electron chi connectivity index (χ3n) is 4.94. The molecule has 0 fully saturated rings. The third kappa shape index (κ3) is 2.68. The number of hydrogen-bond donors (Lipinski definition) is 1. The first-order valence-electron chi connectivity index (χ1n) is 9.09. The summed E-state index contributed by atoms with van der Waals surface area (Å²) in [5.41, 5.74) is 5.07. The van der Waals surface area contributed by atoms with Crippen molar-refractivity contribution in [1.82, 2.24) is 29.4 Å². The van der Waals surface area contributed by atoms with E-state index in [1.165, 1.54) is 6.07 Å². The van der Waals surface area contributed by atoms with Crippen LogP contribution in [0.4, 0.5) is 0 Å². The number of nitrogens with zero attached hydrogens (tertiary/aromatic N) is 6. The number of aromatic hydroxyl groups is 1. The van der Waals surface area contributed by atoms with Crippen molar-refractivity contribution in [2.24, 2.45) is 0 Å². The van der Waals surface area contributed by atoms with Gasteiger partial charge in [-0.3, -0.25) is 0 Å². The quantitative estimate of drug-likeness (QED) is 0.511. The average Bonchev–Trinajstić information content (AvgIpc) is 3.33. The Hall–Kier alpha value is -3.94. The Morgan fingerprint density at radius 3 is 2.69 bits per heavy atom. The summed E-state index contributed by atoms with van der Waals surface area (Å²) in [7, 11) is 1.55. The minimum atomic E-state index is 0.0514. The summed E-state index contributed by atoms with van der Waals surface area (Å²) >= 11 is 0. The fraction of sp³-hybridized carbons (Fsp3) is 0.143. The molecule has 29 heavy (non-hydrogen) atoms. The van der Waals surface area contributed by atoms with Crippen LogP contribution in [0.5, 0.6) is 11.5 Å². The Labute approximate surface area is 166 Å². The number of phenolic OH excluding ortho intramolecular Hbond substituents is 1. The zero-order chi connectivity index (χ0) is 20.1. The molecule has 2 aromatic carbocycles. The zero-order valence-electron chi connectivity index (χ0n) is 16.2. The maximum absolute atomic E-state index is 10.3. The number of aromatic nitrogens is 6. The van der Waals surface area contributed by atoms with E-state index in [9.17, 15) is 5.11 Å². The van der Waals surface area contributed by atoms with Crippen LogP contribution in [0.15, 0.2) is 48.9 Å². The highest BCUT2D eigenvalue weighted by molar-refractivity contribution is 5.90. The van der Waals surface area contributed by atoms with Crippen LogP contribution in [-0.2, 0) is 0 Å². The topological polar surface area (TPSA) is 90.4 Å². The fourth-order valence-electron chi connectivity index (χ4n) is 3.39. The van der Waals surface area contributed by atoms with Crippen LogP contribution >= 0.6 is 0 Å². The molecule has 3 aromatic heterocycles. The molecule has 0 saturated heterocycles. The van der Waals surface area contributed by atoms with Gasteiger partial charge in [-0.1, -0.05) is 12.1 Å². The van der Waals surface area contributed by atoms with Crippen LogP contribution in [-0.4, -0.2) is 41.6 Å². The van der Waals surface area contributed by atoms with Gasteiger partial charge in [0.15, 0.2) is 17.1 Å². The van der Waals surface area contributed by atoms with Gasteiger partial charge in [0, 0.05) is 6.07 Å². The van der Waals surface area contributed by atoms with Gasteiger partial charge in [0.2, 0.25) is 0 Å². The molecule has 0 amide bonds. The van der Waals surface area contributed by atoms with E-state index in [0.29, 0.717) is 28.4 Å². The first-order valence-corrected chi connectivity index (χ1v) is 9.09. The van der Waals surface area contributed by atoms with Crippen molar-refractivity contribution in [3.63, 3.8) is 0 Å². The summed E-state index contributed by atoms with van der Waals surface area (Å²) in [6, 6.07) is 11.2. The van der Waals surface area contributed by atoms with Crippen LogP contribution in [0.1, 0.15) is 11.1 Å². The minimum Gasteiger partial charge on any atom is -0.507 e. The predicted molar refractivity (Wildman–Crippen MR) is 109 cm³/mol. The Bertz CT molecular complexity index is 1390. The summed E-state index contributed by atoms with van der Waals surface area (Å²) in [5.74, 6) is 1.02. The molecule has 0 atom stereocenters. The average molecular weight is 386 g/mol. The summed E-state index contributed by atoms with van der Waals surface area (Å²) in [4.78, 5) is 9.18. The maximum atomic E-state index is 10.3. The number of methoxy groups -OCH3 is 1. The lowest BCUT2D eigenvalue weighted by molar-refractivity contribution is 0.408. The molecular formula is C21H18N6O2. The van der Waals surface area contributed by atoms with Crippen molar-refractivity contribution in [1.29, 1.82) is 0 Å². The van der Waals surface area contributed by atoms with E-state index in [2.05, 4.69) is 38.4 Å². The number of hydrogen-bond acceptors (Lipinski definition) is 6. The molecule has 0 spiro atoms. The van der Waals surface area contributed by atoms with E-state index in [-0.39, 0.29) is 5.75 Å². The molecule has 0 bridgehead atoms. The van der Waals surface area contributed by atoms with Crippen molar-refractivity contribution in [3.8, 4) is 28.6 Å². The monoisotopic (exact) mass is 386 g/mol. The molecule has 5 rings (SSSR count). The van der Waals surface area contributed by atoms with Gasteiger partial charge in [0.25, 0.3) is 0 Å². The van der Waals surface area contributed by atoms with E-state index in [0.717, 1.165) is 22.2 Å². The molecule has 0 aliphatic carbocycles. The van der Waals surface area contributed by atoms with Crippen molar-refractivity contribution >= 4 is 16.7 Å². The first kappa shape index (κ1) is 17.2. The number of phenols is 1. The summed E-state index contributed by atoms with van der Waals surface area (Å²) in [6.07, 6.45) is 3.35. The summed E-state index contributed by atoms with van der Waals surface area (Å²) in [5, 5.41) is 20.1. The zero-order valence-corrected chi connectivity index (χ0v) is 16.2. The lowest BCUT2D eigenvalue weighted by Gasteiger charge is -2.07. The Morgan fingerprint density at radius 1 is 1.03 bits per heavy atom. The van der Waals surface area contributed by atoms with Gasteiger partial charge in [-0.25, -0.2) is 19.2 Å². The van der Waals surface area contributed by atoms with Crippen LogP contribution in [0.25, 0.3) is 33.8 Å². The van der Waals surface area contributed by atoms with Crippen molar-refractivity contribution < 1.29 is 9.84 Å². The van der Waals surface area contributed by atoms with Crippen molar-refractivity contribution in [2.45, 2.75) is 13.8 Å². The van der Waals surface area contributed by atoms with E-state index >= 15 is 0 Å². The number of rotatable bonds is 3. The van der Waals surface area contributed by atoms with E-state index < -0.39 is 0 Å². The standard InChI is InChI=1S/C21H18N6O2/c1-12-4-5-13(2)17(8-12)27-20-16(10-23-27)21-24-19(25-26(21)11-22-20)15-7-6-14(29-3)9-18(15)28/h4-11,28H,1-3H3. The van der Waals surface area contributed by atoms with E-state index in [4.69, 9.17) is 4.74 Å². The van der Waals surface area contributed by atoms with Gasteiger partial charge in [-0.05, 0) is 43.2 Å². The van der Waals surface area contributed by atoms with Crippen molar-refractivity contribution in [3.05, 3.63) is 60.0 Å². The maximum Gasteiger partial charge on any atom is 0.185 e. The Morgan fingerprint density at radius 2 is 1.90 bits per heavy atom. The van der Waals surface area contributed by atoms with Gasteiger partial charge < -0.3 is 9.84 Å². The van der Waals surface area contributed by atoms with Crippen molar-refractivity contribution in [2.75, 3.05) is 7.11 Å². The molecule has 3 heterocycles. The number of aryl methyl sites for hydroxylation is 2. The lowest BCUT2D eigenvalue weighted by atomic mass is 10.1. The van der Waals surface area contributed by atoms with Crippen LogP contribution in [0, 0.1) is 13.8 Å². The van der Waals surface area contributed by atoms with Gasteiger partial charge in [-0.15, -0.1) is 5.10 Å². The normalized spacial score (nSPS) is 11.4. The summed E-state index contributed by atoms with van der Waals surface area (Å²) in [6.45, 7) is 4.09. The fourth-order valence-corrected chi connectivity index (χ4v) is 3.39. The van der Waals surface area contributed by atoms with Gasteiger partial charge in [-0.2, -0.15) is 5.10 Å². The molecule has 0 aliphatic rings. The predicted octanol–water partition coefficient (Wildman–Crippen LogP) is 3.46. The molecular weight excluding hydrogens is 368 g/mol. The van der Waals surface area contributed by atoms with E-state index in [1.54, 1.807) is 36.3 Å². The number of fused-ring (bicyclic) bond motifs is 3. The SMILES string of the molecule is COc1ccc(-c2nc3c4cnn(-c5cc(C)ccc5C)c4ncn3n2)c(O)c1. The second-order valence-corrected chi connectivity index (χ2v) is 6.91. The van der Waals surface area contributed by atoms with Gasteiger partial charge in [0.05, 0.1) is 29.9 Å². The van der Waals surface area contributed by atoms with E-state index in [1.807, 2.05) is 18.5 Å². The minimum absolute atomic E-state index is 0.0514. The molecule has 0 saturated carbocycles. The third-order valence-corrected chi connectivity index (χ3v) is 4.94. The summed E-state index contributed by atoms with van der Waals surface area (Å²) < 4.78 is 8.55. The molecule has 8 nitrogen and oxygen atoms in total. The highest BCUT2D eigenvalue weighted by atomic mass is 16.5. The Kier molecular flexibility index (Phi) is 3.73. The molecule has 5 aromatic rings. The highest BCUT2D eigenvalue weighted by Gasteiger charge is 2.17. The second-order valence-electron chi connectivity index (χ2n) is 6.91. The molecule has 0 unspecified atom stereocenters. The van der Waals surface area contributed by atoms with Gasteiger partial charge in [0.1, 0.15) is 17.8 Å². The molecule has 0 radical (unpaired) electrons. The molecule has 144 valence electrons. The second kappa shape index (κ2) is 6.30. The van der Waals surface area contributed by atoms with Crippen LogP contribution in [0.3, 0.4) is 0 Å². The number of ether oxygens (including phenoxy) is 1. The molecule has 0 aliphatic heterocycles. The molecule has 1 N–H and O–H groups in total. The molecule has 8 heteroatoms. The lowest BCUT2D eigenvalue weighted by Crippen LogP contribution is -2.01.